The van der Waals surface area contributed by atoms with E-state index in [4.69, 9.17) is 4.74 Å². The van der Waals surface area contributed by atoms with E-state index >= 15 is 0 Å². The molecule has 3 nitrogen and oxygen atoms in total. The molecule has 2 aromatic rings. The Morgan fingerprint density at radius 1 is 1.10 bits per heavy atom. The Bertz CT molecular complexity index is 504. The van der Waals surface area contributed by atoms with E-state index < -0.39 is 0 Å². The summed E-state index contributed by atoms with van der Waals surface area (Å²) in [7, 11) is 0. The molecule has 0 aliphatic heterocycles. The molecule has 0 saturated heterocycles. The summed E-state index contributed by atoms with van der Waals surface area (Å²) in [5, 5.41) is 9.22. The predicted octanol–water partition coefficient (Wildman–Crippen LogP) is 3.15. The summed E-state index contributed by atoms with van der Waals surface area (Å²) < 4.78 is 5.69. The standard InChI is InChI=1S/C17H21NO2/c1-2-16-11-15(13-19)12-17(18-16)20-10-6-9-14-7-4-3-5-8-14/h3-5,7-8,11-12,19H,2,6,9-10,13H2,1H3. The Hall–Kier alpha value is -1.87. The SMILES string of the molecule is CCc1cc(CO)cc(OCCCc2ccccc2)n1. The zero-order valence-corrected chi connectivity index (χ0v) is 11.9. The Labute approximate surface area is 120 Å². The second-order valence-corrected chi connectivity index (χ2v) is 4.75. The number of benzene rings is 1. The number of nitrogens with zero attached hydrogens (tertiary/aromatic N) is 1. The third kappa shape index (κ3) is 4.35. The number of pyridine rings is 1. The fraction of sp³-hybridized carbons (Fsp3) is 0.353. The Morgan fingerprint density at radius 2 is 1.90 bits per heavy atom. The number of rotatable bonds is 7. The fourth-order valence-corrected chi connectivity index (χ4v) is 2.06. The molecule has 0 bridgehead atoms. The molecule has 106 valence electrons. The number of aromatic nitrogens is 1. The molecule has 0 saturated carbocycles. The topological polar surface area (TPSA) is 42.4 Å². The first-order valence-electron chi connectivity index (χ1n) is 7.09. The van der Waals surface area contributed by atoms with Gasteiger partial charge in [0.25, 0.3) is 0 Å². The van der Waals surface area contributed by atoms with Crippen LogP contribution in [0.2, 0.25) is 0 Å². The lowest BCUT2D eigenvalue weighted by Gasteiger charge is -2.08. The van der Waals surface area contributed by atoms with Gasteiger partial charge >= 0.3 is 0 Å². The van der Waals surface area contributed by atoms with Crippen molar-refractivity contribution in [2.75, 3.05) is 6.61 Å². The minimum absolute atomic E-state index is 0.0237. The van der Waals surface area contributed by atoms with E-state index in [1.54, 1.807) is 0 Å². The molecule has 3 heteroatoms. The molecule has 0 spiro atoms. The highest BCUT2D eigenvalue weighted by Gasteiger charge is 2.02. The van der Waals surface area contributed by atoms with Gasteiger partial charge in [-0.1, -0.05) is 37.3 Å². The van der Waals surface area contributed by atoms with Gasteiger partial charge in [0.05, 0.1) is 13.2 Å². The van der Waals surface area contributed by atoms with Gasteiger partial charge in [0, 0.05) is 11.8 Å². The largest absolute Gasteiger partial charge is 0.478 e. The van der Waals surface area contributed by atoms with Crippen LogP contribution in [-0.2, 0) is 19.4 Å². The van der Waals surface area contributed by atoms with Gasteiger partial charge in [0.1, 0.15) is 0 Å². The van der Waals surface area contributed by atoms with Crippen LogP contribution in [0.15, 0.2) is 42.5 Å². The molecule has 0 aliphatic carbocycles. The molecule has 1 aromatic carbocycles. The van der Waals surface area contributed by atoms with Gasteiger partial charge in [0.15, 0.2) is 0 Å². The van der Waals surface area contributed by atoms with E-state index in [2.05, 4.69) is 29.2 Å². The molecule has 0 unspecified atom stereocenters. The van der Waals surface area contributed by atoms with Gasteiger partial charge in [-0.15, -0.1) is 0 Å². The number of aliphatic hydroxyl groups is 1. The number of hydrogen-bond donors (Lipinski definition) is 1. The van der Waals surface area contributed by atoms with Crippen LogP contribution in [-0.4, -0.2) is 16.7 Å². The van der Waals surface area contributed by atoms with Crippen LogP contribution >= 0.6 is 0 Å². The molecule has 0 radical (unpaired) electrons. The van der Waals surface area contributed by atoms with Crippen LogP contribution in [0.5, 0.6) is 5.88 Å². The highest BCUT2D eigenvalue weighted by atomic mass is 16.5. The van der Waals surface area contributed by atoms with E-state index in [0.29, 0.717) is 12.5 Å². The second kappa shape index (κ2) is 7.65. The normalized spacial score (nSPS) is 10.5. The highest BCUT2D eigenvalue weighted by Crippen LogP contribution is 2.14. The van der Waals surface area contributed by atoms with Crippen molar-refractivity contribution in [2.45, 2.75) is 32.8 Å². The Balaban J connectivity index is 1.84. The molecule has 0 fully saturated rings. The molecule has 0 aliphatic rings. The first-order valence-corrected chi connectivity index (χ1v) is 7.09. The summed E-state index contributed by atoms with van der Waals surface area (Å²) in [5.41, 5.74) is 3.13. The summed E-state index contributed by atoms with van der Waals surface area (Å²) in [6.45, 7) is 2.71. The lowest BCUT2D eigenvalue weighted by molar-refractivity contribution is 0.275. The number of hydrogen-bond acceptors (Lipinski definition) is 3. The maximum Gasteiger partial charge on any atom is 0.213 e. The third-order valence-electron chi connectivity index (χ3n) is 3.16. The predicted molar refractivity (Wildman–Crippen MR) is 79.8 cm³/mol. The van der Waals surface area contributed by atoms with E-state index in [-0.39, 0.29) is 6.61 Å². The lowest BCUT2D eigenvalue weighted by Crippen LogP contribution is -2.03. The average molecular weight is 271 g/mol. The van der Waals surface area contributed by atoms with Crippen molar-refractivity contribution in [3.63, 3.8) is 0 Å². The molecular formula is C17H21NO2. The molecule has 0 atom stereocenters. The zero-order valence-electron chi connectivity index (χ0n) is 11.9. The molecule has 0 amide bonds. The van der Waals surface area contributed by atoms with Gasteiger partial charge in [-0.3, -0.25) is 0 Å². The summed E-state index contributed by atoms with van der Waals surface area (Å²) in [4.78, 5) is 4.41. The first kappa shape index (κ1) is 14.5. The maximum absolute atomic E-state index is 9.22. The summed E-state index contributed by atoms with van der Waals surface area (Å²) in [6, 6.07) is 14.1. The minimum Gasteiger partial charge on any atom is -0.478 e. The molecule has 20 heavy (non-hydrogen) atoms. The lowest BCUT2D eigenvalue weighted by atomic mass is 10.1. The maximum atomic E-state index is 9.22. The molecule has 1 N–H and O–H groups in total. The van der Waals surface area contributed by atoms with Crippen LogP contribution in [0.25, 0.3) is 0 Å². The number of ether oxygens (including phenoxy) is 1. The Kier molecular flexibility index (Phi) is 5.56. The van der Waals surface area contributed by atoms with Crippen molar-refractivity contribution in [3.05, 3.63) is 59.3 Å². The minimum atomic E-state index is 0.0237. The van der Waals surface area contributed by atoms with Gasteiger partial charge < -0.3 is 9.84 Å². The van der Waals surface area contributed by atoms with Gasteiger partial charge in [-0.25, -0.2) is 4.98 Å². The highest BCUT2D eigenvalue weighted by molar-refractivity contribution is 5.24. The first-order chi connectivity index (χ1) is 9.81. The Morgan fingerprint density at radius 3 is 2.60 bits per heavy atom. The van der Waals surface area contributed by atoms with Crippen LogP contribution in [0.4, 0.5) is 0 Å². The van der Waals surface area contributed by atoms with Gasteiger partial charge in [-0.2, -0.15) is 0 Å². The monoisotopic (exact) mass is 271 g/mol. The van der Waals surface area contributed by atoms with Crippen molar-refractivity contribution < 1.29 is 9.84 Å². The van der Waals surface area contributed by atoms with E-state index in [1.807, 2.05) is 25.1 Å². The molecule has 1 aromatic heterocycles. The summed E-state index contributed by atoms with van der Waals surface area (Å²) in [5.74, 6) is 0.612. The van der Waals surface area contributed by atoms with Crippen molar-refractivity contribution >= 4 is 0 Å². The van der Waals surface area contributed by atoms with Crippen molar-refractivity contribution in [3.8, 4) is 5.88 Å². The van der Waals surface area contributed by atoms with Crippen LogP contribution in [0.1, 0.15) is 30.2 Å². The van der Waals surface area contributed by atoms with E-state index in [1.165, 1.54) is 5.56 Å². The summed E-state index contributed by atoms with van der Waals surface area (Å²) >= 11 is 0. The smallest absolute Gasteiger partial charge is 0.213 e. The molecule has 1 heterocycles. The van der Waals surface area contributed by atoms with Gasteiger partial charge in [0.2, 0.25) is 5.88 Å². The zero-order chi connectivity index (χ0) is 14.2. The quantitative estimate of drug-likeness (QED) is 0.787. The van der Waals surface area contributed by atoms with Crippen LogP contribution < -0.4 is 4.74 Å². The average Bonchev–Trinajstić information content (AvgIpc) is 2.52. The van der Waals surface area contributed by atoms with Crippen LogP contribution in [0, 0.1) is 0 Å². The van der Waals surface area contributed by atoms with Crippen LogP contribution in [0.3, 0.4) is 0 Å². The molecular weight excluding hydrogens is 250 g/mol. The van der Waals surface area contributed by atoms with Crippen molar-refractivity contribution in [1.82, 2.24) is 4.98 Å². The number of aryl methyl sites for hydroxylation is 2. The van der Waals surface area contributed by atoms with E-state index in [9.17, 15) is 5.11 Å². The molecule has 2 rings (SSSR count). The van der Waals surface area contributed by atoms with E-state index in [0.717, 1.165) is 30.5 Å². The second-order valence-electron chi connectivity index (χ2n) is 4.75. The number of aliphatic hydroxyl groups excluding tert-OH is 1. The fourth-order valence-electron chi connectivity index (χ4n) is 2.06. The van der Waals surface area contributed by atoms with Crippen molar-refractivity contribution in [1.29, 1.82) is 0 Å². The summed E-state index contributed by atoms with van der Waals surface area (Å²) in [6.07, 6.45) is 2.80. The van der Waals surface area contributed by atoms with Crippen molar-refractivity contribution in [2.24, 2.45) is 0 Å². The van der Waals surface area contributed by atoms with Gasteiger partial charge in [-0.05, 0) is 36.5 Å². The third-order valence-corrected chi connectivity index (χ3v) is 3.16.